The van der Waals surface area contributed by atoms with E-state index in [1.54, 1.807) is 55.6 Å². The zero-order chi connectivity index (χ0) is 28.8. The predicted octanol–water partition coefficient (Wildman–Crippen LogP) is 4.38. The lowest BCUT2D eigenvalue weighted by molar-refractivity contribution is -0.127. The normalized spacial score (nSPS) is 15.3. The summed E-state index contributed by atoms with van der Waals surface area (Å²) in [5.41, 5.74) is 2.90. The molecule has 0 radical (unpaired) electrons. The first-order valence-electron chi connectivity index (χ1n) is 13.4. The van der Waals surface area contributed by atoms with Gasteiger partial charge in [0.1, 0.15) is 18.3 Å². The number of hydrogen-bond donors (Lipinski definition) is 1. The molecule has 1 aromatic heterocycles. The first-order chi connectivity index (χ1) is 19.9. The summed E-state index contributed by atoms with van der Waals surface area (Å²) in [6.07, 6.45) is 1.78. The minimum Gasteiger partial charge on any atom is -0.497 e. The monoisotopic (exact) mass is 574 g/mol. The van der Waals surface area contributed by atoms with Gasteiger partial charge in [-0.25, -0.2) is 0 Å². The summed E-state index contributed by atoms with van der Waals surface area (Å²) in [6.45, 7) is 2.75. The fourth-order valence-corrected chi connectivity index (χ4v) is 4.83. The number of methoxy groups -OCH3 is 1. The molecule has 2 amide bonds. The number of aromatic nitrogens is 4. The zero-order valence-corrected chi connectivity index (χ0v) is 23.6. The molecule has 4 aromatic rings. The summed E-state index contributed by atoms with van der Waals surface area (Å²) in [5, 5.41) is 16.2. The lowest BCUT2D eigenvalue weighted by Gasteiger charge is -2.32. The number of carbonyl (C=O) groups excluding carboxylic acids is 2. The number of hydrogen-bond acceptors (Lipinski definition) is 7. The van der Waals surface area contributed by atoms with E-state index >= 15 is 0 Å². The Bertz CT molecular complexity index is 1490. The quantitative estimate of drug-likeness (QED) is 0.299. The van der Waals surface area contributed by atoms with Gasteiger partial charge in [-0.2, -0.15) is 4.80 Å². The molecule has 10 nitrogen and oxygen atoms in total. The number of anilines is 1. The molecule has 41 heavy (non-hydrogen) atoms. The van der Waals surface area contributed by atoms with Crippen LogP contribution < -0.4 is 15.0 Å². The van der Waals surface area contributed by atoms with Gasteiger partial charge in [-0.1, -0.05) is 47.5 Å². The highest BCUT2D eigenvalue weighted by molar-refractivity contribution is 6.30. The summed E-state index contributed by atoms with van der Waals surface area (Å²) >= 11 is 6.00. The molecule has 2 atom stereocenters. The number of amides is 2. The van der Waals surface area contributed by atoms with Crippen LogP contribution in [0.25, 0.3) is 11.4 Å². The molecular formula is C30H31ClN6O4. The Hall–Kier alpha value is -4.28. The summed E-state index contributed by atoms with van der Waals surface area (Å²) in [6, 6.07) is 20.6. The van der Waals surface area contributed by atoms with Crippen LogP contribution in [-0.4, -0.2) is 58.4 Å². The van der Waals surface area contributed by atoms with E-state index in [1.807, 2.05) is 31.2 Å². The molecule has 0 spiro atoms. The number of tetrazole rings is 1. The van der Waals surface area contributed by atoms with Crippen LogP contribution in [0.1, 0.15) is 30.0 Å². The van der Waals surface area contributed by atoms with Gasteiger partial charge in [0.2, 0.25) is 11.7 Å². The molecule has 11 heteroatoms. The summed E-state index contributed by atoms with van der Waals surface area (Å²) in [4.78, 5) is 30.6. The van der Waals surface area contributed by atoms with Crippen molar-refractivity contribution in [3.8, 4) is 17.1 Å². The molecule has 0 aliphatic carbocycles. The van der Waals surface area contributed by atoms with E-state index in [0.29, 0.717) is 46.6 Å². The highest BCUT2D eigenvalue weighted by atomic mass is 35.5. The highest BCUT2D eigenvalue weighted by Gasteiger charge is 2.34. The molecule has 5 rings (SSSR count). The van der Waals surface area contributed by atoms with Crippen LogP contribution in [0.3, 0.4) is 0 Å². The molecule has 2 heterocycles. The third kappa shape index (κ3) is 6.90. The second-order valence-electron chi connectivity index (χ2n) is 9.81. The third-order valence-electron chi connectivity index (χ3n) is 6.86. The second-order valence-corrected chi connectivity index (χ2v) is 10.2. The number of carbonyl (C=O) groups is 2. The SMILES string of the molecule is COc1cccc(N(C(=O)Cn2nnc(-c3ccc(Cl)cc3)n2)[C@H](C(=O)NC[C@H]2CCCO2)c2ccc(C)cc2)c1. The van der Waals surface area contributed by atoms with Gasteiger partial charge in [-0.05, 0) is 66.9 Å². The van der Waals surface area contributed by atoms with Crippen LogP contribution in [0.4, 0.5) is 5.69 Å². The summed E-state index contributed by atoms with van der Waals surface area (Å²) < 4.78 is 11.1. The topological polar surface area (TPSA) is 111 Å². The Morgan fingerprint density at radius 2 is 1.93 bits per heavy atom. The van der Waals surface area contributed by atoms with E-state index in [9.17, 15) is 9.59 Å². The Labute approximate surface area is 243 Å². The van der Waals surface area contributed by atoms with Crippen LogP contribution in [0.5, 0.6) is 5.75 Å². The molecule has 0 saturated carbocycles. The molecule has 3 aromatic carbocycles. The van der Waals surface area contributed by atoms with Crippen molar-refractivity contribution in [3.05, 3.63) is 88.9 Å². The maximum Gasteiger partial charge on any atom is 0.251 e. The molecule has 1 fully saturated rings. The van der Waals surface area contributed by atoms with Crippen LogP contribution in [-0.2, 0) is 20.9 Å². The number of nitrogens with one attached hydrogen (secondary N) is 1. The van der Waals surface area contributed by atoms with Gasteiger partial charge in [-0.15, -0.1) is 10.2 Å². The highest BCUT2D eigenvalue weighted by Crippen LogP contribution is 2.31. The fraction of sp³-hybridized carbons (Fsp3) is 0.300. The van der Waals surface area contributed by atoms with Crippen molar-refractivity contribution in [1.82, 2.24) is 25.5 Å². The van der Waals surface area contributed by atoms with E-state index in [1.165, 1.54) is 9.70 Å². The van der Waals surface area contributed by atoms with E-state index in [0.717, 1.165) is 18.4 Å². The fourth-order valence-electron chi connectivity index (χ4n) is 4.70. The van der Waals surface area contributed by atoms with Crippen molar-refractivity contribution in [3.63, 3.8) is 0 Å². The van der Waals surface area contributed by atoms with Gasteiger partial charge in [-0.3, -0.25) is 14.5 Å². The van der Waals surface area contributed by atoms with Crippen molar-refractivity contribution < 1.29 is 19.1 Å². The van der Waals surface area contributed by atoms with Crippen molar-refractivity contribution in [2.45, 2.75) is 38.5 Å². The zero-order valence-electron chi connectivity index (χ0n) is 22.9. The molecule has 1 aliphatic rings. The van der Waals surface area contributed by atoms with E-state index in [2.05, 4.69) is 20.7 Å². The molecule has 1 N–H and O–H groups in total. The minimum atomic E-state index is -0.976. The van der Waals surface area contributed by atoms with Gasteiger partial charge in [0, 0.05) is 35.5 Å². The van der Waals surface area contributed by atoms with Gasteiger partial charge in [0.05, 0.1) is 13.2 Å². The molecular weight excluding hydrogens is 544 g/mol. The number of aryl methyl sites for hydroxylation is 1. The smallest absolute Gasteiger partial charge is 0.251 e. The number of nitrogens with zero attached hydrogens (tertiary/aromatic N) is 5. The lowest BCUT2D eigenvalue weighted by atomic mass is 10.0. The Kier molecular flexibility index (Phi) is 8.91. The Morgan fingerprint density at radius 1 is 1.15 bits per heavy atom. The largest absolute Gasteiger partial charge is 0.497 e. The molecule has 0 bridgehead atoms. The van der Waals surface area contributed by atoms with Crippen LogP contribution >= 0.6 is 11.6 Å². The van der Waals surface area contributed by atoms with Crippen molar-refractivity contribution >= 4 is 29.1 Å². The second kappa shape index (κ2) is 12.9. The molecule has 0 unspecified atom stereocenters. The Balaban J connectivity index is 1.49. The number of benzene rings is 3. The van der Waals surface area contributed by atoms with Crippen LogP contribution in [0, 0.1) is 6.92 Å². The van der Waals surface area contributed by atoms with Crippen molar-refractivity contribution in [2.24, 2.45) is 0 Å². The summed E-state index contributed by atoms with van der Waals surface area (Å²) in [7, 11) is 1.55. The van der Waals surface area contributed by atoms with E-state index in [4.69, 9.17) is 21.1 Å². The van der Waals surface area contributed by atoms with Crippen molar-refractivity contribution in [2.75, 3.05) is 25.2 Å². The van der Waals surface area contributed by atoms with Gasteiger partial charge in [0.15, 0.2) is 0 Å². The van der Waals surface area contributed by atoms with Crippen LogP contribution in [0.15, 0.2) is 72.8 Å². The maximum atomic E-state index is 14.1. The third-order valence-corrected chi connectivity index (χ3v) is 7.11. The predicted molar refractivity (Wildman–Crippen MR) is 155 cm³/mol. The number of ether oxygens (including phenoxy) is 2. The molecule has 1 saturated heterocycles. The Morgan fingerprint density at radius 3 is 2.63 bits per heavy atom. The van der Waals surface area contributed by atoms with Gasteiger partial charge >= 0.3 is 0 Å². The number of rotatable bonds is 10. The summed E-state index contributed by atoms with van der Waals surface area (Å²) in [5.74, 6) is 0.170. The van der Waals surface area contributed by atoms with Gasteiger partial charge in [0.25, 0.3) is 5.91 Å². The van der Waals surface area contributed by atoms with Crippen molar-refractivity contribution in [1.29, 1.82) is 0 Å². The average molecular weight is 575 g/mol. The first kappa shape index (κ1) is 28.3. The van der Waals surface area contributed by atoms with E-state index < -0.39 is 11.9 Å². The lowest BCUT2D eigenvalue weighted by Crippen LogP contribution is -2.46. The average Bonchev–Trinajstić information content (AvgIpc) is 3.68. The maximum absolute atomic E-state index is 14.1. The molecule has 212 valence electrons. The van der Waals surface area contributed by atoms with Gasteiger partial charge < -0.3 is 14.8 Å². The minimum absolute atomic E-state index is 0.0516. The van der Waals surface area contributed by atoms with Crippen LogP contribution in [0.2, 0.25) is 5.02 Å². The first-order valence-corrected chi connectivity index (χ1v) is 13.7. The standard InChI is InChI=1S/C30H31ClN6O4/c1-20-8-10-21(11-9-20)28(30(39)32-18-26-7-4-16-41-26)37(24-5-3-6-25(17-24)40-2)27(38)19-36-34-29(33-35-36)22-12-14-23(31)15-13-22/h3,5-6,8-15,17,26,28H,4,7,16,18-19H2,1-2H3,(H,32,39)/t26-,28+/m1/s1. The number of halogens is 1. The molecule has 1 aliphatic heterocycles. The van der Waals surface area contributed by atoms with E-state index in [-0.39, 0.29) is 18.6 Å².